The Labute approximate surface area is 185 Å². The van der Waals surface area contributed by atoms with E-state index in [1.165, 1.54) is 0 Å². The van der Waals surface area contributed by atoms with Gasteiger partial charge in [0.2, 0.25) is 0 Å². The first-order valence-corrected chi connectivity index (χ1v) is 10.4. The van der Waals surface area contributed by atoms with Crippen LogP contribution in [0.5, 0.6) is 0 Å². The van der Waals surface area contributed by atoms with Crippen LogP contribution in [-0.4, -0.2) is 15.3 Å². The minimum Gasteiger partial charge on any atom is -0.347 e. The van der Waals surface area contributed by atoms with Gasteiger partial charge >= 0.3 is 0 Å². The van der Waals surface area contributed by atoms with Crippen LogP contribution in [0.2, 0.25) is 5.02 Å². The molecule has 1 amide bonds. The number of benzene rings is 2. The summed E-state index contributed by atoms with van der Waals surface area (Å²) in [6, 6.07) is 19.4. The SMILES string of the molecule is CCc1nc2cc(Cl)ccn2c1C(=O)NCc1ccc(-c2ccc(C#N)cc2C)cc1. The van der Waals surface area contributed by atoms with Crippen molar-refractivity contribution in [3.05, 3.63) is 93.9 Å². The molecule has 31 heavy (non-hydrogen) atoms. The fourth-order valence-corrected chi connectivity index (χ4v) is 3.83. The second kappa shape index (κ2) is 8.63. The molecule has 0 saturated heterocycles. The van der Waals surface area contributed by atoms with Crippen molar-refractivity contribution >= 4 is 23.2 Å². The van der Waals surface area contributed by atoms with Crippen molar-refractivity contribution in [2.45, 2.75) is 26.8 Å². The van der Waals surface area contributed by atoms with Gasteiger partial charge in [-0.1, -0.05) is 48.9 Å². The van der Waals surface area contributed by atoms with Gasteiger partial charge in [0.1, 0.15) is 11.3 Å². The van der Waals surface area contributed by atoms with Crippen LogP contribution in [0.3, 0.4) is 0 Å². The standard InChI is InChI=1S/C25H21ClN4O/c1-3-22-24(30-11-10-20(26)13-23(30)29-22)25(31)28-15-17-4-7-19(8-5-17)21-9-6-18(14-27)12-16(21)2/h4-13H,3,15H2,1-2H3,(H,28,31). The van der Waals surface area contributed by atoms with Gasteiger partial charge < -0.3 is 5.32 Å². The lowest BCUT2D eigenvalue weighted by molar-refractivity contribution is 0.0944. The summed E-state index contributed by atoms with van der Waals surface area (Å²) in [5.41, 5.74) is 6.82. The van der Waals surface area contributed by atoms with E-state index < -0.39 is 0 Å². The molecule has 0 spiro atoms. The molecule has 0 atom stereocenters. The summed E-state index contributed by atoms with van der Waals surface area (Å²) in [6.45, 7) is 4.39. The Hall–Kier alpha value is -3.62. The van der Waals surface area contributed by atoms with Crippen LogP contribution >= 0.6 is 11.6 Å². The number of amides is 1. The molecule has 154 valence electrons. The average molecular weight is 429 g/mol. The quantitative estimate of drug-likeness (QED) is 0.467. The third-order valence-corrected chi connectivity index (χ3v) is 5.52. The summed E-state index contributed by atoms with van der Waals surface area (Å²) in [5, 5.41) is 12.6. The van der Waals surface area contributed by atoms with Crippen LogP contribution in [0.1, 0.15) is 39.8 Å². The maximum atomic E-state index is 12.9. The Kier molecular flexibility index (Phi) is 5.75. The number of nitriles is 1. The lowest BCUT2D eigenvalue weighted by Crippen LogP contribution is -2.25. The molecule has 4 rings (SSSR count). The van der Waals surface area contributed by atoms with Gasteiger partial charge in [-0.3, -0.25) is 9.20 Å². The second-order valence-electron chi connectivity index (χ2n) is 7.35. The van der Waals surface area contributed by atoms with Crippen molar-refractivity contribution in [2.75, 3.05) is 0 Å². The fraction of sp³-hybridized carbons (Fsp3) is 0.160. The molecule has 2 aromatic carbocycles. The number of imidazole rings is 1. The van der Waals surface area contributed by atoms with Crippen LogP contribution < -0.4 is 5.32 Å². The Morgan fingerprint density at radius 2 is 1.94 bits per heavy atom. The van der Waals surface area contributed by atoms with E-state index in [1.807, 2.05) is 56.3 Å². The summed E-state index contributed by atoms with van der Waals surface area (Å²) in [4.78, 5) is 17.5. The van der Waals surface area contributed by atoms with E-state index in [1.54, 1.807) is 22.7 Å². The number of fused-ring (bicyclic) bond motifs is 1. The molecule has 0 aliphatic carbocycles. The summed E-state index contributed by atoms with van der Waals surface area (Å²) < 4.78 is 1.77. The third kappa shape index (κ3) is 4.16. The highest BCUT2D eigenvalue weighted by Crippen LogP contribution is 2.25. The molecular formula is C25H21ClN4O. The molecule has 2 heterocycles. The van der Waals surface area contributed by atoms with E-state index in [0.29, 0.717) is 34.9 Å². The molecule has 2 aromatic heterocycles. The molecule has 0 saturated carbocycles. The van der Waals surface area contributed by atoms with Gasteiger partial charge in [-0.2, -0.15) is 5.26 Å². The predicted molar refractivity (Wildman–Crippen MR) is 122 cm³/mol. The molecular weight excluding hydrogens is 408 g/mol. The topological polar surface area (TPSA) is 70.2 Å². The minimum absolute atomic E-state index is 0.168. The van der Waals surface area contributed by atoms with Crippen molar-refractivity contribution in [2.24, 2.45) is 0 Å². The number of aryl methyl sites for hydroxylation is 2. The Balaban J connectivity index is 1.51. The molecule has 0 aliphatic rings. The zero-order valence-corrected chi connectivity index (χ0v) is 18.1. The third-order valence-electron chi connectivity index (χ3n) is 5.28. The normalized spacial score (nSPS) is 10.8. The lowest BCUT2D eigenvalue weighted by atomic mass is 9.98. The molecule has 0 fully saturated rings. The van der Waals surface area contributed by atoms with Crippen LogP contribution in [0.15, 0.2) is 60.8 Å². The van der Waals surface area contributed by atoms with E-state index in [9.17, 15) is 4.79 Å². The van der Waals surface area contributed by atoms with Crippen LogP contribution in [-0.2, 0) is 13.0 Å². The van der Waals surface area contributed by atoms with Crippen molar-refractivity contribution in [3.8, 4) is 17.2 Å². The van der Waals surface area contributed by atoms with Gasteiger partial charge in [0, 0.05) is 23.8 Å². The highest BCUT2D eigenvalue weighted by molar-refractivity contribution is 6.30. The minimum atomic E-state index is -0.168. The maximum Gasteiger partial charge on any atom is 0.270 e. The highest BCUT2D eigenvalue weighted by atomic mass is 35.5. The second-order valence-corrected chi connectivity index (χ2v) is 7.79. The zero-order valence-electron chi connectivity index (χ0n) is 17.3. The number of rotatable bonds is 5. The zero-order chi connectivity index (χ0) is 22.0. The monoisotopic (exact) mass is 428 g/mol. The summed E-state index contributed by atoms with van der Waals surface area (Å²) in [7, 11) is 0. The summed E-state index contributed by atoms with van der Waals surface area (Å²) in [6.07, 6.45) is 2.42. The van der Waals surface area contributed by atoms with Gasteiger partial charge in [-0.25, -0.2) is 4.98 Å². The first kappa shape index (κ1) is 20.6. The average Bonchev–Trinajstić information content (AvgIpc) is 3.15. The van der Waals surface area contributed by atoms with Crippen LogP contribution in [0.25, 0.3) is 16.8 Å². The number of carbonyl (C=O) groups excluding carboxylic acids is 1. The maximum absolute atomic E-state index is 12.9. The van der Waals surface area contributed by atoms with E-state index in [2.05, 4.69) is 16.4 Å². The van der Waals surface area contributed by atoms with Crippen LogP contribution in [0, 0.1) is 18.3 Å². The first-order chi connectivity index (χ1) is 15.0. The van der Waals surface area contributed by atoms with Crippen molar-refractivity contribution in [1.29, 1.82) is 5.26 Å². The number of carbonyl (C=O) groups is 1. The van der Waals surface area contributed by atoms with Crippen molar-refractivity contribution in [1.82, 2.24) is 14.7 Å². The number of hydrogen-bond acceptors (Lipinski definition) is 3. The smallest absolute Gasteiger partial charge is 0.270 e. The molecule has 5 nitrogen and oxygen atoms in total. The van der Waals surface area contributed by atoms with E-state index >= 15 is 0 Å². The molecule has 6 heteroatoms. The lowest BCUT2D eigenvalue weighted by Gasteiger charge is -2.09. The number of nitrogens with one attached hydrogen (secondary N) is 1. The van der Waals surface area contributed by atoms with Gasteiger partial charge in [-0.05, 0) is 53.8 Å². The van der Waals surface area contributed by atoms with Gasteiger partial charge in [-0.15, -0.1) is 0 Å². The Morgan fingerprint density at radius 1 is 1.16 bits per heavy atom. The van der Waals surface area contributed by atoms with Crippen molar-refractivity contribution in [3.63, 3.8) is 0 Å². The highest BCUT2D eigenvalue weighted by Gasteiger charge is 2.18. The summed E-state index contributed by atoms with van der Waals surface area (Å²) >= 11 is 6.06. The number of nitrogens with zero attached hydrogens (tertiary/aromatic N) is 3. The fourth-order valence-electron chi connectivity index (χ4n) is 3.68. The number of aromatic nitrogens is 2. The summed E-state index contributed by atoms with van der Waals surface area (Å²) in [5.74, 6) is -0.168. The molecule has 0 radical (unpaired) electrons. The van der Waals surface area contributed by atoms with Gasteiger partial charge in [0.05, 0.1) is 17.3 Å². The molecule has 0 aliphatic heterocycles. The van der Waals surface area contributed by atoms with Gasteiger partial charge in [0.25, 0.3) is 5.91 Å². The number of halogens is 1. The molecule has 0 unspecified atom stereocenters. The van der Waals surface area contributed by atoms with Crippen molar-refractivity contribution < 1.29 is 4.79 Å². The molecule has 4 aromatic rings. The molecule has 1 N–H and O–H groups in total. The largest absolute Gasteiger partial charge is 0.347 e. The predicted octanol–water partition coefficient (Wildman–Crippen LogP) is 5.33. The van der Waals surface area contributed by atoms with E-state index in [-0.39, 0.29) is 5.91 Å². The first-order valence-electron chi connectivity index (χ1n) is 10.0. The number of hydrogen-bond donors (Lipinski definition) is 1. The number of pyridine rings is 1. The Bertz CT molecular complexity index is 1320. The van der Waals surface area contributed by atoms with E-state index in [0.717, 1.165) is 27.9 Å². The van der Waals surface area contributed by atoms with E-state index in [4.69, 9.17) is 16.9 Å². The molecule has 0 bridgehead atoms. The van der Waals surface area contributed by atoms with Gasteiger partial charge in [0.15, 0.2) is 0 Å². The van der Waals surface area contributed by atoms with Crippen LogP contribution in [0.4, 0.5) is 0 Å². The Morgan fingerprint density at radius 3 is 2.61 bits per heavy atom.